The number of hydrogen-bond acceptors (Lipinski definition) is 2. The van der Waals surface area contributed by atoms with E-state index >= 15 is 0 Å². The van der Waals surface area contributed by atoms with Gasteiger partial charge in [-0.1, -0.05) is 24.4 Å². The smallest absolute Gasteiger partial charge is 0.314 e. The summed E-state index contributed by atoms with van der Waals surface area (Å²) in [7, 11) is 1.18. The second-order valence-electron chi connectivity index (χ2n) is 4.66. The highest BCUT2D eigenvalue weighted by Crippen LogP contribution is 2.48. The minimum absolute atomic E-state index is 0.245. The van der Waals surface area contributed by atoms with Crippen LogP contribution in [0.15, 0.2) is 6.07 Å². The fourth-order valence-electron chi connectivity index (χ4n) is 2.75. The van der Waals surface area contributed by atoms with Gasteiger partial charge in [0.05, 0.1) is 23.1 Å². The highest BCUT2D eigenvalue weighted by atomic mass is 35.5. The van der Waals surface area contributed by atoms with Gasteiger partial charge in [0.25, 0.3) is 0 Å². The second kappa shape index (κ2) is 4.96. The van der Waals surface area contributed by atoms with Gasteiger partial charge in [-0.3, -0.25) is 4.79 Å². The minimum Gasteiger partial charge on any atom is -0.493 e. The molecule has 0 aliphatic heterocycles. The molecule has 0 aromatic heterocycles. The first-order valence-corrected chi connectivity index (χ1v) is 6.27. The molecule has 1 aromatic carbocycles. The SMILES string of the molecule is COc1c(F)cc(Cl)c(F)c1C1(C(=O)O)CCCC1. The van der Waals surface area contributed by atoms with Crippen LogP contribution in [0.4, 0.5) is 8.78 Å². The summed E-state index contributed by atoms with van der Waals surface area (Å²) in [5.74, 6) is -3.31. The van der Waals surface area contributed by atoms with Crippen molar-refractivity contribution in [3.05, 3.63) is 28.3 Å². The normalized spacial score (nSPS) is 17.5. The summed E-state index contributed by atoms with van der Waals surface area (Å²) in [6.07, 6.45) is 1.77. The maximum atomic E-state index is 14.2. The Kier molecular flexibility index (Phi) is 3.67. The molecule has 0 radical (unpaired) electrons. The van der Waals surface area contributed by atoms with Crippen LogP contribution in [0.25, 0.3) is 0 Å². The molecule has 1 fully saturated rings. The number of aliphatic carboxylic acids is 1. The Morgan fingerprint density at radius 2 is 2.00 bits per heavy atom. The highest BCUT2D eigenvalue weighted by Gasteiger charge is 2.48. The zero-order valence-corrected chi connectivity index (χ0v) is 11.1. The van der Waals surface area contributed by atoms with Crippen molar-refractivity contribution in [1.29, 1.82) is 0 Å². The topological polar surface area (TPSA) is 46.5 Å². The van der Waals surface area contributed by atoms with Gasteiger partial charge in [0.1, 0.15) is 5.82 Å². The molecule has 0 saturated heterocycles. The molecule has 0 heterocycles. The third-order valence-corrected chi connectivity index (χ3v) is 3.95. The summed E-state index contributed by atoms with van der Waals surface area (Å²) in [4.78, 5) is 11.6. The predicted octanol–water partition coefficient (Wildman–Crippen LogP) is 3.52. The zero-order valence-electron chi connectivity index (χ0n) is 10.3. The first-order chi connectivity index (χ1) is 8.94. The van der Waals surface area contributed by atoms with E-state index in [1.165, 1.54) is 7.11 Å². The van der Waals surface area contributed by atoms with E-state index in [2.05, 4.69) is 0 Å². The van der Waals surface area contributed by atoms with Crippen molar-refractivity contribution in [3.8, 4) is 5.75 Å². The van der Waals surface area contributed by atoms with Crippen LogP contribution in [0.5, 0.6) is 5.75 Å². The lowest BCUT2D eigenvalue weighted by Crippen LogP contribution is -2.34. The van der Waals surface area contributed by atoms with Gasteiger partial charge in [-0.15, -0.1) is 0 Å². The van der Waals surface area contributed by atoms with Gasteiger partial charge in [-0.2, -0.15) is 0 Å². The lowest BCUT2D eigenvalue weighted by atomic mass is 9.78. The predicted molar refractivity (Wildman–Crippen MR) is 65.7 cm³/mol. The van der Waals surface area contributed by atoms with Crippen LogP contribution in [0.2, 0.25) is 5.02 Å². The standard InChI is InChI=1S/C13H13ClF2O3/c1-19-11-8(15)6-7(14)10(16)9(11)13(12(17)18)4-2-3-5-13/h6H,2-5H2,1H3,(H,17,18). The monoisotopic (exact) mass is 290 g/mol. The fraction of sp³-hybridized carbons (Fsp3) is 0.462. The van der Waals surface area contributed by atoms with Crippen molar-refractivity contribution in [2.75, 3.05) is 7.11 Å². The number of rotatable bonds is 3. The Morgan fingerprint density at radius 3 is 2.47 bits per heavy atom. The van der Waals surface area contributed by atoms with Gasteiger partial charge in [0, 0.05) is 0 Å². The largest absolute Gasteiger partial charge is 0.493 e. The Balaban J connectivity index is 2.76. The second-order valence-corrected chi connectivity index (χ2v) is 5.06. The average Bonchev–Trinajstić information content (AvgIpc) is 2.83. The van der Waals surface area contributed by atoms with Crippen molar-refractivity contribution in [2.45, 2.75) is 31.1 Å². The van der Waals surface area contributed by atoms with Gasteiger partial charge in [-0.05, 0) is 18.9 Å². The number of carbonyl (C=O) groups is 1. The van der Waals surface area contributed by atoms with Crippen LogP contribution in [0.1, 0.15) is 31.2 Å². The summed E-state index contributed by atoms with van der Waals surface area (Å²) in [5.41, 5.74) is -1.73. The molecular weight excluding hydrogens is 278 g/mol. The van der Waals surface area contributed by atoms with Crippen LogP contribution in [0, 0.1) is 11.6 Å². The third-order valence-electron chi connectivity index (χ3n) is 3.68. The highest BCUT2D eigenvalue weighted by molar-refractivity contribution is 6.30. The maximum Gasteiger partial charge on any atom is 0.314 e. The molecule has 3 nitrogen and oxygen atoms in total. The van der Waals surface area contributed by atoms with Gasteiger partial charge >= 0.3 is 5.97 Å². The zero-order chi connectivity index (χ0) is 14.2. The Morgan fingerprint density at radius 1 is 1.42 bits per heavy atom. The van der Waals surface area contributed by atoms with Crippen molar-refractivity contribution >= 4 is 17.6 Å². The van der Waals surface area contributed by atoms with E-state index in [1.807, 2.05) is 0 Å². The number of methoxy groups -OCH3 is 1. The number of hydrogen-bond donors (Lipinski definition) is 1. The number of carboxylic acid groups (broad SMARTS) is 1. The van der Waals surface area contributed by atoms with Crippen LogP contribution in [0.3, 0.4) is 0 Å². The fourth-order valence-corrected chi connectivity index (χ4v) is 2.95. The van der Waals surface area contributed by atoms with E-state index in [-0.39, 0.29) is 24.2 Å². The quantitative estimate of drug-likeness (QED) is 0.866. The lowest BCUT2D eigenvalue weighted by Gasteiger charge is -2.27. The number of halogens is 3. The molecular formula is C13H13ClF2O3. The average molecular weight is 291 g/mol. The molecule has 0 atom stereocenters. The molecule has 1 aromatic rings. The Labute approximate surface area is 114 Å². The lowest BCUT2D eigenvalue weighted by molar-refractivity contribution is -0.143. The van der Waals surface area contributed by atoms with Gasteiger partial charge in [-0.25, -0.2) is 8.78 Å². The van der Waals surface area contributed by atoms with E-state index in [4.69, 9.17) is 16.3 Å². The van der Waals surface area contributed by atoms with E-state index in [9.17, 15) is 18.7 Å². The summed E-state index contributed by atoms with van der Waals surface area (Å²) < 4.78 is 32.9. The molecule has 1 N–H and O–H groups in total. The van der Waals surface area contributed by atoms with E-state index in [0.29, 0.717) is 12.8 Å². The number of ether oxygens (including phenoxy) is 1. The van der Waals surface area contributed by atoms with Gasteiger partial charge < -0.3 is 9.84 Å². The molecule has 0 spiro atoms. The third kappa shape index (κ3) is 2.06. The van der Waals surface area contributed by atoms with Crippen LogP contribution in [-0.4, -0.2) is 18.2 Å². The Bertz CT molecular complexity index is 525. The summed E-state index contributed by atoms with van der Waals surface area (Å²) in [6, 6.07) is 0.795. The first kappa shape index (κ1) is 14.1. The summed E-state index contributed by atoms with van der Waals surface area (Å²) >= 11 is 5.63. The molecule has 1 aliphatic carbocycles. The summed E-state index contributed by atoms with van der Waals surface area (Å²) in [5, 5.41) is 9.03. The molecule has 0 bridgehead atoms. The number of benzene rings is 1. The van der Waals surface area contributed by atoms with Gasteiger partial charge in [0.15, 0.2) is 11.6 Å². The van der Waals surface area contributed by atoms with Gasteiger partial charge in [0.2, 0.25) is 0 Å². The molecule has 1 saturated carbocycles. The van der Waals surface area contributed by atoms with Crippen molar-refractivity contribution < 1.29 is 23.4 Å². The van der Waals surface area contributed by atoms with Crippen LogP contribution < -0.4 is 4.74 Å². The van der Waals surface area contributed by atoms with Crippen LogP contribution >= 0.6 is 11.6 Å². The molecule has 19 heavy (non-hydrogen) atoms. The minimum atomic E-state index is -1.46. The molecule has 0 amide bonds. The Hall–Kier alpha value is -1.36. The molecule has 0 unspecified atom stereocenters. The van der Waals surface area contributed by atoms with Crippen molar-refractivity contribution in [3.63, 3.8) is 0 Å². The molecule has 2 rings (SSSR count). The molecule has 104 valence electrons. The van der Waals surface area contributed by atoms with E-state index < -0.39 is 28.0 Å². The van der Waals surface area contributed by atoms with Crippen molar-refractivity contribution in [1.82, 2.24) is 0 Å². The first-order valence-electron chi connectivity index (χ1n) is 5.89. The van der Waals surface area contributed by atoms with Crippen LogP contribution in [-0.2, 0) is 10.2 Å². The van der Waals surface area contributed by atoms with E-state index in [0.717, 1.165) is 6.07 Å². The maximum absolute atomic E-state index is 14.2. The summed E-state index contributed by atoms with van der Waals surface area (Å²) in [6.45, 7) is 0. The van der Waals surface area contributed by atoms with E-state index in [1.54, 1.807) is 0 Å². The van der Waals surface area contributed by atoms with Crippen molar-refractivity contribution in [2.24, 2.45) is 0 Å². The number of carboxylic acids is 1. The molecule has 6 heteroatoms. The molecule has 1 aliphatic rings.